The second-order valence-electron chi connectivity index (χ2n) is 6.54. The van der Waals surface area contributed by atoms with Crippen LogP contribution >= 0.6 is 0 Å². The number of halogens is 1. The van der Waals surface area contributed by atoms with Crippen molar-refractivity contribution in [3.63, 3.8) is 0 Å². The lowest BCUT2D eigenvalue weighted by Crippen LogP contribution is -2.36. The zero-order chi connectivity index (χ0) is 18.8. The summed E-state index contributed by atoms with van der Waals surface area (Å²) in [6.07, 6.45) is 1.90. The monoisotopic (exact) mass is 362 g/mol. The van der Waals surface area contributed by atoms with Crippen LogP contribution in [0.4, 0.5) is 21.7 Å². The maximum Gasteiger partial charge on any atom is 0.277 e. The molecule has 0 saturated carbocycles. The number of carbonyl (C=O) groups is 1. The van der Waals surface area contributed by atoms with Crippen molar-refractivity contribution in [1.29, 1.82) is 0 Å². The normalized spacial score (nSPS) is 13.2. The lowest BCUT2D eigenvalue weighted by Gasteiger charge is -2.29. The summed E-state index contributed by atoms with van der Waals surface area (Å²) in [5, 5.41) is 3.03. The molecule has 0 saturated heterocycles. The van der Waals surface area contributed by atoms with Gasteiger partial charge in [-0.1, -0.05) is 18.2 Å². The number of fused-ring (bicyclic) bond motifs is 1. The molecule has 3 aromatic rings. The van der Waals surface area contributed by atoms with E-state index in [9.17, 15) is 9.18 Å². The molecule has 0 unspecified atom stereocenters. The van der Waals surface area contributed by atoms with Crippen molar-refractivity contribution in [1.82, 2.24) is 9.97 Å². The van der Waals surface area contributed by atoms with Gasteiger partial charge in [-0.3, -0.25) is 4.79 Å². The molecule has 4 rings (SSSR count). The van der Waals surface area contributed by atoms with E-state index in [2.05, 4.69) is 21.4 Å². The van der Waals surface area contributed by atoms with E-state index in [0.717, 1.165) is 18.5 Å². The Kier molecular flexibility index (Phi) is 4.54. The van der Waals surface area contributed by atoms with Crippen molar-refractivity contribution in [2.45, 2.75) is 19.8 Å². The molecule has 1 aliphatic heterocycles. The molecular formula is C21H19FN4O. The summed E-state index contributed by atoms with van der Waals surface area (Å²) in [5.74, 6) is -0.143. The van der Waals surface area contributed by atoms with Gasteiger partial charge in [-0.2, -0.15) is 0 Å². The maximum atomic E-state index is 13.1. The Morgan fingerprint density at radius 2 is 1.89 bits per heavy atom. The van der Waals surface area contributed by atoms with Gasteiger partial charge < -0.3 is 10.2 Å². The number of carbonyl (C=O) groups excluding carboxylic acids is 1. The zero-order valence-corrected chi connectivity index (χ0v) is 14.9. The first kappa shape index (κ1) is 17.1. The Morgan fingerprint density at radius 3 is 2.70 bits per heavy atom. The minimum absolute atomic E-state index is 0.144. The molecule has 0 bridgehead atoms. The first-order valence-electron chi connectivity index (χ1n) is 8.88. The van der Waals surface area contributed by atoms with Crippen molar-refractivity contribution in [2.75, 3.05) is 16.8 Å². The molecule has 0 radical (unpaired) electrons. The van der Waals surface area contributed by atoms with E-state index in [-0.39, 0.29) is 11.7 Å². The Morgan fingerprint density at radius 1 is 1.11 bits per heavy atom. The fourth-order valence-corrected chi connectivity index (χ4v) is 3.28. The van der Waals surface area contributed by atoms with Gasteiger partial charge in [0, 0.05) is 23.6 Å². The number of para-hydroxylation sites is 1. The summed E-state index contributed by atoms with van der Waals surface area (Å²) in [5.41, 5.74) is 3.79. The highest BCUT2D eigenvalue weighted by Crippen LogP contribution is 2.28. The summed E-state index contributed by atoms with van der Waals surface area (Å²) in [6.45, 7) is 2.48. The van der Waals surface area contributed by atoms with E-state index < -0.39 is 0 Å². The third-order valence-corrected chi connectivity index (χ3v) is 4.53. The van der Waals surface area contributed by atoms with E-state index >= 15 is 0 Å². The van der Waals surface area contributed by atoms with Crippen LogP contribution in [-0.4, -0.2) is 22.4 Å². The number of aryl methyl sites for hydroxylation is 2. The summed E-state index contributed by atoms with van der Waals surface area (Å²) < 4.78 is 13.1. The Balaban J connectivity index is 1.63. The van der Waals surface area contributed by atoms with E-state index in [1.165, 1.54) is 17.7 Å². The Labute approximate surface area is 156 Å². The van der Waals surface area contributed by atoms with Crippen LogP contribution in [-0.2, 0) is 6.42 Å². The Bertz CT molecular complexity index is 988. The van der Waals surface area contributed by atoms with Gasteiger partial charge >= 0.3 is 0 Å². The van der Waals surface area contributed by atoms with Crippen molar-refractivity contribution >= 4 is 23.2 Å². The SMILES string of the molecule is Cc1cc(C(=O)N2CCCc3ccccc32)nc(Nc2ccc(F)cc2)n1. The maximum absolute atomic E-state index is 13.1. The predicted molar refractivity (Wildman–Crippen MR) is 103 cm³/mol. The molecule has 0 fully saturated rings. The van der Waals surface area contributed by atoms with Gasteiger partial charge in [0.15, 0.2) is 0 Å². The first-order chi connectivity index (χ1) is 13.1. The average molecular weight is 362 g/mol. The molecule has 2 heterocycles. The summed E-state index contributed by atoms with van der Waals surface area (Å²) in [4.78, 5) is 23.6. The second-order valence-corrected chi connectivity index (χ2v) is 6.54. The fourth-order valence-electron chi connectivity index (χ4n) is 3.28. The number of aromatic nitrogens is 2. The quantitative estimate of drug-likeness (QED) is 0.756. The minimum atomic E-state index is -0.314. The van der Waals surface area contributed by atoms with Crippen LogP contribution in [0.15, 0.2) is 54.6 Å². The average Bonchev–Trinajstić information content (AvgIpc) is 2.68. The summed E-state index contributed by atoms with van der Waals surface area (Å²) in [7, 11) is 0. The highest BCUT2D eigenvalue weighted by Gasteiger charge is 2.24. The minimum Gasteiger partial charge on any atom is -0.324 e. The lowest BCUT2D eigenvalue weighted by atomic mass is 10.0. The van der Waals surface area contributed by atoms with E-state index in [0.29, 0.717) is 29.6 Å². The molecule has 27 heavy (non-hydrogen) atoms. The summed E-state index contributed by atoms with van der Waals surface area (Å²) in [6, 6.07) is 15.6. The second kappa shape index (κ2) is 7.15. The number of rotatable bonds is 3. The van der Waals surface area contributed by atoms with Gasteiger partial charge in [0.1, 0.15) is 11.5 Å². The topological polar surface area (TPSA) is 58.1 Å². The van der Waals surface area contributed by atoms with E-state index in [4.69, 9.17) is 0 Å². The van der Waals surface area contributed by atoms with Gasteiger partial charge in [-0.25, -0.2) is 14.4 Å². The zero-order valence-electron chi connectivity index (χ0n) is 14.9. The molecule has 1 aliphatic rings. The number of anilines is 3. The van der Waals surface area contributed by atoms with Crippen LogP contribution in [0.2, 0.25) is 0 Å². The van der Waals surface area contributed by atoms with Crippen molar-refractivity contribution in [3.05, 3.63) is 77.4 Å². The van der Waals surface area contributed by atoms with E-state index in [1.54, 1.807) is 23.1 Å². The number of nitrogens with zero attached hydrogens (tertiary/aromatic N) is 3. The van der Waals surface area contributed by atoms with Crippen LogP contribution in [0.25, 0.3) is 0 Å². The van der Waals surface area contributed by atoms with Crippen molar-refractivity contribution in [3.8, 4) is 0 Å². The molecule has 136 valence electrons. The molecule has 1 N–H and O–H groups in total. The van der Waals surface area contributed by atoms with Crippen LogP contribution in [0.1, 0.15) is 28.2 Å². The number of benzene rings is 2. The van der Waals surface area contributed by atoms with Gasteiger partial charge in [-0.15, -0.1) is 0 Å². The third kappa shape index (κ3) is 3.65. The fraction of sp³-hybridized carbons (Fsp3) is 0.190. The molecule has 5 nitrogen and oxygen atoms in total. The van der Waals surface area contributed by atoms with Crippen molar-refractivity contribution < 1.29 is 9.18 Å². The standard InChI is InChI=1S/C21H19FN4O/c1-14-13-18(25-21(23-14)24-17-10-8-16(22)9-11-17)20(27)26-12-4-6-15-5-2-3-7-19(15)26/h2-3,5,7-11,13H,4,6,12H2,1H3,(H,23,24,25). The number of hydrogen-bond donors (Lipinski definition) is 1. The van der Waals surface area contributed by atoms with E-state index in [1.807, 2.05) is 25.1 Å². The molecule has 0 spiro atoms. The molecule has 0 aliphatic carbocycles. The predicted octanol–water partition coefficient (Wildman–Crippen LogP) is 4.26. The molecule has 1 aromatic heterocycles. The highest BCUT2D eigenvalue weighted by molar-refractivity contribution is 6.05. The van der Waals surface area contributed by atoms with Crippen LogP contribution in [0.3, 0.4) is 0 Å². The number of amides is 1. The number of hydrogen-bond acceptors (Lipinski definition) is 4. The van der Waals surface area contributed by atoms with Gasteiger partial charge in [0.25, 0.3) is 5.91 Å². The smallest absolute Gasteiger partial charge is 0.277 e. The largest absolute Gasteiger partial charge is 0.324 e. The number of nitrogens with one attached hydrogen (secondary N) is 1. The molecular weight excluding hydrogens is 343 g/mol. The van der Waals surface area contributed by atoms with Gasteiger partial charge in [-0.05, 0) is 61.7 Å². The molecule has 2 aromatic carbocycles. The first-order valence-corrected chi connectivity index (χ1v) is 8.88. The third-order valence-electron chi connectivity index (χ3n) is 4.53. The van der Waals surface area contributed by atoms with Crippen LogP contribution in [0, 0.1) is 12.7 Å². The van der Waals surface area contributed by atoms with Crippen LogP contribution in [0.5, 0.6) is 0 Å². The molecule has 1 amide bonds. The lowest BCUT2D eigenvalue weighted by molar-refractivity contribution is 0.0980. The van der Waals surface area contributed by atoms with Gasteiger partial charge in [0.2, 0.25) is 5.95 Å². The Hall–Kier alpha value is -3.28. The molecule has 6 heteroatoms. The summed E-state index contributed by atoms with van der Waals surface area (Å²) >= 11 is 0. The molecule has 0 atom stereocenters. The van der Waals surface area contributed by atoms with Crippen molar-refractivity contribution in [2.24, 2.45) is 0 Å². The van der Waals surface area contributed by atoms with Crippen LogP contribution < -0.4 is 10.2 Å². The highest BCUT2D eigenvalue weighted by atomic mass is 19.1. The van der Waals surface area contributed by atoms with Gasteiger partial charge in [0.05, 0.1) is 0 Å².